The lowest BCUT2D eigenvalue weighted by atomic mass is 9.34. The van der Waals surface area contributed by atoms with Crippen LogP contribution in [-0.2, 0) is 0 Å². The van der Waals surface area contributed by atoms with Crippen molar-refractivity contribution in [2.75, 3.05) is 0 Å². The quantitative estimate of drug-likeness (QED) is 0.527. The minimum atomic E-state index is 0.829. The van der Waals surface area contributed by atoms with Crippen molar-refractivity contribution in [1.82, 2.24) is 0 Å². The molecule has 6 atom stereocenters. The molecule has 4 unspecified atom stereocenters. The van der Waals surface area contributed by atoms with Crippen molar-refractivity contribution >= 4 is 7.85 Å². The summed E-state index contributed by atoms with van der Waals surface area (Å²) in [6.45, 7) is 2.64. The molecule has 1 heteroatoms. The molecule has 7 aliphatic carbocycles. The van der Waals surface area contributed by atoms with Gasteiger partial charge < -0.3 is 0 Å². The van der Waals surface area contributed by atoms with Gasteiger partial charge in [-0.3, -0.25) is 0 Å². The predicted octanol–water partition coefficient (Wildman–Crippen LogP) is 2.50. The lowest BCUT2D eigenvalue weighted by molar-refractivity contribution is -0.219. The van der Waals surface area contributed by atoms with Gasteiger partial charge in [0.05, 0.1) is 0 Å². The smallest absolute Gasteiger partial charge is 0.0615 e. The molecule has 7 saturated carbocycles. The zero-order valence-electron chi connectivity index (χ0n) is 10.00. The molecule has 5 bridgehead atoms. The lowest BCUT2D eigenvalue weighted by Crippen LogP contribution is -2.63. The first kappa shape index (κ1) is 8.20. The summed E-state index contributed by atoms with van der Waals surface area (Å²) in [6.07, 6.45) is 8.14. The first-order chi connectivity index (χ1) is 7.19. The largest absolute Gasteiger partial charge is 0.106 e. The molecule has 15 heavy (non-hydrogen) atoms. The summed E-state index contributed by atoms with van der Waals surface area (Å²) in [5.41, 5.74) is 1.71. The van der Waals surface area contributed by atoms with Crippen LogP contribution < -0.4 is 0 Å². The summed E-state index contributed by atoms with van der Waals surface area (Å²) >= 11 is 0. The van der Waals surface area contributed by atoms with Crippen molar-refractivity contribution < 1.29 is 0 Å². The molecule has 2 spiro atoms. The van der Waals surface area contributed by atoms with Gasteiger partial charge >= 0.3 is 0 Å². The van der Waals surface area contributed by atoms with E-state index in [1.807, 2.05) is 0 Å². The first-order valence-electron chi connectivity index (χ1n) is 7.19. The molecule has 0 aromatic heterocycles. The van der Waals surface area contributed by atoms with Crippen LogP contribution in [0.3, 0.4) is 0 Å². The minimum Gasteiger partial charge on any atom is -0.0615 e. The molecule has 0 heterocycles. The summed E-state index contributed by atoms with van der Waals surface area (Å²) in [7, 11) is 2.63. The molecule has 0 nitrogen and oxygen atoms in total. The molecule has 0 N–H and O–H groups in total. The Balaban J connectivity index is 1.83. The highest BCUT2D eigenvalue weighted by atomic mass is 14.8. The molecule has 0 aromatic carbocycles. The molecular formula is C14H21B. The molecule has 0 aliphatic heterocycles. The van der Waals surface area contributed by atoms with Gasteiger partial charge in [-0.25, -0.2) is 0 Å². The molecule has 0 aromatic rings. The SMILES string of the molecule is B[C@@H]1C2C3CC4(C3)C3CCC1(CC23)[C@H]4C. The van der Waals surface area contributed by atoms with Crippen LogP contribution in [-0.4, -0.2) is 7.85 Å². The Morgan fingerprint density at radius 1 is 1.13 bits per heavy atom. The second kappa shape index (κ2) is 1.95. The Kier molecular flexibility index (Phi) is 1.07. The standard InChI is InChI=1S/C14H21B/c1-7-13-3-2-10-9(6-13)11(12(13)15)8-4-14(7,10)5-8/h7-12H,2-6,15H2,1H3/t7-,8?,9?,10?,11?,12-,13?,14?/m1/s1. The minimum absolute atomic E-state index is 0.829. The Labute approximate surface area is 93.6 Å². The molecular weight excluding hydrogens is 179 g/mol. The van der Waals surface area contributed by atoms with Crippen molar-refractivity contribution in [3.63, 3.8) is 0 Å². The maximum atomic E-state index is 2.64. The third kappa shape index (κ3) is 0.549. The molecule has 7 rings (SSSR count). The van der Waals surface area contributed by atoms with Crippen LogP contribution in [0.5, 0.6) is 0 Å². The molecule has 7 aliphatic rings. The van der Waals surface area contributed by atoms with Crippen molar-refractivity contribution in [2.24, 2.45) is 40.4 Å². The van der Waals surface area contributed by atoms with Crippen molar-refractivity contribution in [1.29, 1.82) is 0 Å². The van der Waals surface area contributed by atoms with Gasteiger partial charge in [-0.15, -0.1) is 0 Å². The number of hydrogen-bond acceptors (Lipinski definition) is 0. The van der Waals surface area contributed by atoms with Gasteiger partial charge in [-0.05, 0) is 72.5 Å². The lowest BCUT2D eigenvalue weighted by Gasteiger charge is -2.71. The number of hydrogen-bond donors (Lipinski definition) is 0. The normalized spacial score (nSPS) is 77.1. The Morgan fingerprint density at radius 3 is 2.73 bits per heavy atom. The second-order valence-corrected chi connectivity index (χ2v) is 7.74. The average Bonchev–Trinajstić information content (AvgIpc) is 2.38. The summed E-state index contributed by atoms with van der Waals surface area (Å²) in [6, 6.07) is 0. The van der Waals surface area contributed by atoms with E-state index < -0.39 is 0 Å². The predicted molar refractivity (Wildman–Crippen MR) is 63.4 cm³/mol. The molecule has 0 amide bonds. The van der Waals surface area contributed by atoms with Crippen molar-refractivity contribution in [3.05, 3.63) is 0 Å². The van der Waals surface area contributed by atoms with Gasteiger partial charge in [0.1, 0.15) is 7.85 Å². The molecule has 80 valence electrons. The van der Waals surface area contributed by atoms with Gasteiger partial charge in [0.2, 0.25) is 0 Å². The molecule has 0 saturated heterocycles. The van der Waals surface area contributed by atoms with E-state index in [0.29, 0.717) is 0 Å². The number of rotatable bonds is 0. The van der Waals surface area contributed by atoms with Crippen LogP contribution >= 0.6 is 0 Å². The zero-order valence-corrected chi connectivity index (χ0v) is 10.00. The Hall–Kier alpha value is 0.0649. The second-order valence-electron chi connectivity index (χ2n) is 7.74. The number of fused-ring (bicyclic) bond motifs is 1. The van der Waals surface area contributed by atoms with Gasteiger partial charge in [0.15, 0.2) is 0 Å². The van der Waals surface area contributed by atoms with Gasteiger partial charge in [0.25, 0.3) is 0 Å². The fourth-order valence-electron chi connectivity index (χ4n) is 7.89. The van der Waals surface area contributed by atoms with E-state index in [2.05, 4.69) is 14.8 Å². The van der Waals surface area contributed by atoms with Crippen molar-refractivity contribution in [3.8, 4) is 0 Å². The van der Waals surface area contributed by atoms with E-state index in [9.17, 15) is 0 Å². The van der Waals surface area contributed by atoms with E-state index in [4.69, 9.17) is 0 Å². The Bertz CT molecular complexity index is 354. The maximum absolute atomic E-state index is 2.64. The fraction of sp³-hybridized carbons (Fsp3) is 1.00. The monoisotopic (exact) mass is 200 g/mol. The van der Waals surface area contributed by atoms with Crippen molar-refractivity contribution in [2.45, 2.75) is 44.8 Å². The average molecular weight is 200 g/mol. The highest BCUT2D eigenvalue weighted by Gasteiger charge is 2.78. The third-order valence-corrected chi connectivity index (χ3v) is 8.32. The van der Waals surface area contributed by atoms with Crippen LogP contribution in [0, 0.1) is 40.4 Å². The van der Waals surface area contributed by atoms with E-state index in [1.165, 1.54) is 23.7 Å². The van der Waals surface area contributed by atoms with E-state index in [1.54, 1.807) is 32.1 Å². The summed E-state index contributed by atoms with van der Waals surface area (Å²) in [5, 5.41) is 0. The summed E-state index contributed by atoms with van der Waals surface area (Å²) in [5.74, 6) is 6.88. The van der Waals surface area contributed by atoms with Crippen LogP contribution in [0.25, 0.3) is 0 Å². The fourth-order valence-corrected chi connectivity index (χ4v) is 7.89. The van der Waals surface area contributed by atoms with E-state index in [-0.39, 0.29) is 0 Å². The molecule has 0 radical (unpaired) electrons. The van der Waals surface area contributed by atoms with Gasteiger partial charge in [0, 0.05) is 0 Å². The zero-order chi connectivity index (χ0) is 10.00. The maximum Gasteiger partial charge on any atom is 0.106 e. The third-order valence-electron chi connectivity index (χ3n) is 8.32. The summed E-state index contributed by atoms with van der Waals surface area (Å²) in [4.78, 5) is 0. The van der Waals surface area contributed by atoms with Crippen LogP contribution in [0.4, 0.5) is 0 Å². The highest BCUT2D eigenvalue weighted by molar-refractivity contribution is 6.13. The topological polar surface area (TPSA) is 0 Å². The Morgan fingerprint density at radius 2 is 1.93 bits per heavy atom. The van der Waals surface area contributed by atoms with Gasteiger partial charge in [-0.2, -0.15) is 0 Å². The first-order valence-corrected chi connectivity index (χ1v) is 7.19. The van der Waals surface area contributed by atoms with Crippen LogP contribution in [0.2, 0.25) is 5.82 Å². The molecule has 7 fully saturated rings. The van der Waals surface area contributed by atoms with E-state index >= 15 is 0 Å². The van der Waals surface area contributed by atoms with Gasteiger partial charge in [-0.1, -0.05) is 12.7 Å². The van der Waals surface area contributed by atoms with E-state index in [0.717, 1.165) is 22.6 Å². The highest BCUT2D eigenvalue weighted by Crippen LogP contribution is 2.86. The van der Waals surface area contributed by atoms with Crippen LogP contribution in [0.1, 0.15) is 39.0 Å². The van der Waals surface area contributed by atoms with Crippen LogP contribution in [0.15, 0.2) is 0 Å². The summed E-state index contributed by atoms with van der Waals surface area (Å²) < 4.78 is 0.